The minimum absolute atomic E-state index is 0.0820. The van der Waals surface area contributed by atoms with Crippen molar-refractivity contribution in [2.75, 3.05) is 34.5 Å². The largest absolute Gasteiger partial charge is 0.497 e. The predicted molar refractivity (Wildman–Crippen MR) is 137 cm³/mol. The fourth-order valence-corrected chi connectivity index (χ4v) is 4.46. The maximum Gasteiger partial charge on any atom is 0.169 e. The maximum absolute atomic E-state index is 6.22. The summed E-state index contributed by atoms with van der Waals surface area (Å²) in [7, 11) is 4.96. The number of nitrogens with one attached hydrogen (secondary N) is 1. The molecule has 0 aliphatic carbocycles. The van der Waals surface area contributed by atoms with Crippen LogP contribution in [-0.2, 0) is 13.0 Å². The molecular formula is C27H30N2O4S. The highest BCUT2D eigenvalue weighted by molar-refractivity contribution is 7.80. The van der Waals surface area contributed by atoms with Crippen molar-refractivity contribution < 1.29 is 18.9 Å². The number of rotatable bonds is 8. The molecule has 3 aromatic carbocycles. The van der Waals surface area contributed by atoms with Gasteiger partial charge in [-0.15, -0.1) is 0 Å². The first-order chi connectivity index (χ1) is 16.6. The predicted octanol–water partition coefficient (Wildman–Crippen LogP) is 4.77. The minimum atomic E-state index is -0.0820. The lowest BCUT2D eigenvalue weighted by molar-refractivity contribution is 0.187. The summed E-state index contributed by atoms with van der Waals surface area (Å²) in [6, 6.07) is 21.9. The molecule has 7 heteroatoms. The molecular weight excluding hydrogens is 448 g/mol. The number of fused-ring (bicyclic) bond motifs is 1. The number of hydrogen-bond acceptors (Lipinski definition) is 5. The quantitative estimate of drug-likeness (QED) is 0.468. The first kappa shape index (κ1) is 23.7. The molecule has 0 radical (unpaired) electrons. The van der Waals surface area contributed by atoms with Crippen molar-refractivity contribution in [3.8, 4) is 23.0 Å². The summed E-state index contributed by atoms with van der Waals surface area (Å²) < 4.78 is 22.6. The van der Waals surface area contributed by atoms with Crippen LogP contribution in [0.1, 0.15) is 22.7 Å². The number of thiocarbonyl (C=S) groups is 1. The van der Waals surface area contributed by atoms with Crippen molar-refractivity contribution in [2.45, 2.75) is 19.0 Å². The van der Waals surface area contributed by atoms with Crippen molar-refractivity contribution in [3.63, 3.8) is 0 Å². The number of methoxy groups -OCH3 is 3. The van der Waals surface area contributed by atoms with Gasteiger partial charge in [0.15, 0.2) is 16.6 Å². The van der Waals surface area contributed by atoms with Crippen LogP contribution in [0.15, 0.2) is 66.7 Å². The Bertz CT molecular complexity index is 1110. The first-order valence-corrected chi connectivity index (χ1v) is 11.6. The van der Waals surface area contributed by atoms with Gasteiger partial charge in [0.2, 0.25) is 0 Å². The molecule has 1 heterocycles. The van der Waals surface area contributed by atoms with E-state index in [-0.39, 0.29) is 6.04 Å². The van der Waals surface area contributed by atoms with Crippen LogP contribution in [0.25, 0.3) is 0 Å². The number of ether oxygens (including phenoxy) is 4. The molecule has 0 saturated carbocycles. The van der Waals surface area contributed by atoms with Gasteiger partial charge in [-0.05, 0) is 71.7 Å². The molecule has 0 saturated heterocycles. The third kappa shape index (κ3) is 5.37. The van der Waals surface area contributed by atoms with E-state index in [2.05, 4.69) is 28.4 Å². The smallest absolute Gasteiger partial charge is 0.169 e. The van der Waals surface area contributed by atoms with Crippen LogP contribution in [0, 0.1) is 0 Å². The van der Waals surface area contributed by atoms with Crippen molar-refractivity contribution in [3.05, 3.63) is 83.4 Å². The van der Waals surface area contributed by atoms with Gasteiger partial charge in [0.1, 0.15) is 18.1 Å². The van der Waals surface area contributed by atoms with Gasteiger partial charge in [-0.1, -0.05) is 30.3 Å². The summed E-state index contributed by atoms with van der Waals surface area (Å²) in [4.78, 5) is 2.20. The highest BCUT2D eigenvalue weighted by Gasteiger charge is 2.31. The highest BCUT2D eigenvalue weighted by atomic mass is 32.1. The van der Waals surface area contributed by atoms with Gasteiger partial charge in [-0.3, -0.25) is 0 Å². The summed E-state index contributed by atoms with van der Waals surface area (Å²) in [6.07, 6.45) is 0.849. The molecule has 4 rings (SSSR count). The van der Waals surface area contributed by atoms with Gasteiger partial charge in [0, 0.05) is 13.1 Å². The van der Waals surface area contributed by atoms with Crippen LogP contribution in [-0.4, -0.2) is 44.5 Å². The van der Waals surface area contributed by atoms with Gasteiger partial charge in [-0.2, -0.15) is 0 Å². The van der Waals surface area contributed by atoms with Crippen molar-refractivity contribution in [1.29, 1.82) is 0 Å². The van der Waals surface area contributed by atoms with Gasteiger partial charge in [0.05, 0.1) is 27.4 Å². The van der Waals surface area contributed by atoms with Crippen molar-refractivity contribution in [2.24, 2.45) is 0 Å². The second-order valence-corrected chi connectivity index (χ2v) is 8.38. The summed E-state index contributed by atoms with van der Waals surface area (Å²) in [5.74, 6) is 2.99. The standard InChI is InChI=1S/C27H30N2O4S/c1-30-21-9-11-22(12-10-21)33-18-24-23-16-26(32-3)25(31-2)15-20(23)13-14-29(24)27(34)28-17-19-7-5-4-6-8-19/h4-12,15-16,24H,13-14,17-18H2,1-3H3,(H,28,34)/t24-/m0/s1. The molecule has 0 amide bonds. The fourth-order valence-electron chi connectivity index (χ4n) is 4.17. The van der Waals surface area contributed by atoms with Crippen LogP contribution < -0.4 is 24.3 Å². The summed E-state index contributed by atoms with van der Waals surface area (Å²) in [6.45, 7) is 1.88. The van der Waals surface area contributed by atoms with Gasteiger partial charge < -0.3 is 29.2 Å². The summed E-state index contributed by atoms with van der Waals surface area (Å²) in [5.41, 5.74) is 3.52. The van der Waals surface area contributed by atoms with Crippen LogP contribution in [0.4, 0.5) is 0 Å². The molecule has 178 valence electrons. The molecule has 0 aromatic heterocycles. The van der Waals surface area contributed by atoms with Gasteiger partial charge in [0.25, 0.3) is 0 Å². The Morgan fingerprint density at radius 3 is 2.26 bits per heavy atom. The second kappa shape index (κ2) is 11.1. The Balaban J connectivity index is 1.58. The molecule has 0 spiro atoms. The summed E-state index contributed by atoms with van der Waals surface area (Å²) in [5, 5.41) is 4.12. The molecule has 0 fully saturated rings. The number of hydrogen-bond donors (Lipinski definition) is 1. The van der Waals surface area contributed by atoms with E-state index >= 15 is 0 Å². The number of nitrogens with zero attached hydrogens (tertiary/aromatic N) is 1. The minimum Gasteiger partial charge on any atom is -0.497 e. The van der Waals surface area contributed by atoms with Crippen LogP contribution in [0.5, 0.6) is 23.0 Å². The van der Waals surface area contributed by atoms with E-state index in [9.17, 15) is 0 Å². The van der Waals surface area contributed by atoms with E-state index in [1.165, 1.54) is 11.1 Å². The molecule has 34 heavy (non-hydrogen) atoms. The first-order valence-electron chi connectivity index (χ1n) is 11.2. The third-order valence-corrected chi connectivity index (χ3v) is 6.40. The average Bonchev–Trinajstić information content (AvgIpc) is 2.90. The number of benzene rings is 3. The van der Waals surface area contributed by atoms with Crippen molar-refractivity contribution >= 4 is 17.3 Å². The Kier molecular flexibility index (Phi) is 7.75. The van der Waals surface area contributed by atoms with E-state index in [1.807, 2.05) is 48.5 Å². The van der Waals surface area contributed by atoms with Crippen LogP contribution in [0.2, 0.25) is 0 Å². The van der Waals surface area contributed by atoms with E-state index in [0.29, 0.717) is 24.0 Å². The molecule has 3 aromatic rings. The maximum atomic E-state index is 6.22. The molecule has 1 N–H and O–H groups in total. The molecule has 6 nitrogen and oxygen atoms in total. The molecule has 0 bridgehead atoms. The zero-order valence-electron chi connectivity index (χ0n) is 19.7. The molecule has 1 atom stereocenters. The Morgan fingerprint density at radius 2 is 1.59 bits per heavy atom. The Hall–Kier alpha value is -3.45. The van der Waals surface area contributed by atoms with Crippen LogP contribution >= 0.6 is 12.2 Å². The second-order valence-electron chi connectivity index (χ2n) is 8.00. The van der Waals surface area contributed by atoms with E-state index in [1.54, 1.807) is 21.3 Å². The molecule has 1 aliphatic rings. The lowest BCUT2D eigenvalue weighted by Crippen LogP contribution is -2.47. The van der Waals surface area contributed by atoms with Gasteiger partial charge in [-0.25, -0.2) is 0 Å². The normalized spacial score (nSPS) is 14.7. The summed E-state index contributed by atoms with van der Waals surface area (Å²) >= 11 is 5.84. The van der Waals surface area contributed by atoms with Crippen LogP contribution in [0.3, 0.4) is 0 Å². The molecule has 0 unspecified atom stereocenters. The zero-order valence-corrected chi connectivity index (χ0v) is 20.6. The third-order valence-electron chi connectivity index (χ3n) is 6.02. The van der Waals surface area contributed by atoms with E-state index in [0.717, 1.165) is 35.8 Å². The average molecular weight is 479 g/mol. The lowest BCUT2D eigenvalue weighted by atomic mass is 9.92. The molecule has 1 aliphatic heterocycles. The fraction of sp³-hybridized carbons (Fsp3) is 0.296. The highest BCUT2D eigenvalue weighted by Crippen LogP contribution is 2.38. The van der Waals surface area contributed by atoms with E-state index in [4.69, 9.17) is 31.2 Å². The topological polar surface area (TPSA) is 52.2 Å². The van der Waals surface area contributed by atoms with E-state index < -0.39 is 0 Å². The SMILES string of the molecule is COc1ccc(OC[C@H]2c3cc(OC)c(OC)cc3CCN2C(=S)NCc2ccccc2)cc1. The lowest BCUT2D eigenvalue weighted by Gasteiger charge is -2.39. The van der Waals surface area contributed by atoms with Crippen molar-refractivity contribution in [1.82, 2.24) is 10.2 Å². The zero-order chi connectivity index (χ0) is 23.9. The monoisotopic (exact) mass is 478 g/mol. The van der Waals surface area contributed by atoms with Gasteiger partial charge >= 0.3 is 0 Å². The Morgan fingerprint density at radius 1 is 0.912 bits per heavy atom. The Labute approximate surface area is 206 Å².